The molecule has 2 amide bonds. The van der Waals surface area contributed by atoms with E-state index in [1.165, 1.54) is 17.7 Å². The number of unbranched alkanes of at least 4 members (excludes halogenated alkanes) is 1. The van der Waals surface area contributed by atoms with Crippen LogP contribution in [0.15, 0.2) is 22.1 Å². The molecule has 8 nitrogen and oxygen atoms in total. The lowest BCUT2D eigenvalue weighted by atomic mass is 10.2. The summed E-state index contributed by atoms with van der Waals surface area (Å²) < 4.78 is 5.22. The number of nitrogens with one attached hydrogen (secondary N) is 1. The van der Waals surface area contributed by atoms with Crippen molar-refractivity contribution in [2.45, 2.75) is 39.0 Å². The van der Waals surface area contributed by atoms with Gasteiger partial charge in [0.15, 0.2) is 0 Å². The van der Waals surface area contributed by atoms with Gasteiger partial charge in [-0.2, -0.15) is 0 Å². The van der Waals surface area contributed by atoms with Crippen molar-refractivity contribution in [1.29, 1.82) is 0 Å². The Morgan fingerprint density at radius 2 is 2.19 bits per heavy atom. The summed E-state index contributed by atoms with van der Waals surface area (Å²) in [5, 5.41) is 7.09. The quantitative estimate of drug-likeness (QED) is 0.490. The highest BCUT2D eigenvalue weighted by Crippen LogP contribution is 2.32. The van der Waals surface area contributed by atoms with Crippen molar-refractivity contribution in [2.75, 3.05) is 33.9 Å². The maximum absolute atomic E-state index is 13.1. The second-order valence-electron chi connectivity index (χ2n) is 7.53. The molecular weight excluding hydrogens is 346 g/mol. The molecule has 1 saturated carbocycles. The zero-order valence-electron chi connectivity index (χ0n) is 16.4. The van der Waals surface area contributed by atoms with Gasteiger partial charge in [0.1, 0.15) is 17.3 Å². The number of aromatic nitrogens is 1. The van der Waals surface area contributed by atoms with E-state index in [2.05, 4.69) is 15.4 Å². The molecule has 0 aromatic carbocycles. The Bertz CT molecular complexity index is 710. The summed E-state index contributed by atoms with van der Waals surface area (Å²) in [6.07, 6.45) is 5.79. The number of carbonyl (C=O) groups is 2. The van der Waals surface area contributed by atoms with Crippen LogP contribution in [0.4, 0.5) is 0 Å². The topological polar surface area (TPSA) is 81.9 Å². The summed E-state index contributed by atoms with van der Waals surface area (Å²) in [7, 11) is 3.49. The Balaban J connectivity index is 1.57. The van der Waals surface area contributed by atoms with Crippen LogP contribution in [0.3, 0.4) is 0 Å². The highest BCUT2D eigenvalue weighted by molar-refractivity contribution is 5.94. The molecule has 27 heavy (non-hydrogen) atoms. The number of carbonyl (C=O) groups excluding carboxylic acids is 2. The highest BCUT2D eigenvalue weighted by atomic mass is 16.5. The predicted molar refractivity (Wildman–Crippen MR) is 100 cm³/mol. The third kappa shape index (κ3) is 4.81. The molecule has 1 aliphatic heterocycles. The molecule has 0 spiro atoms. The third-order valence-corrected chi connectivity index (χ3v) is 5.06. The summed E-state index contributed by atoms with van der Waals surface area (Å²) in [6.45, 7) is 4.00. The van der Waals surface area contributed by atoms with Crippen LogP contribution in [0, 0.1) is 12.8 Å². The Kier molecular flexibility index (Phi) is 6.03. The number of hydrogen-bond donors (Lipinski definition) is 1. The SMILES string of the molecule is Cc1cc(CCCCN(C)C(=O)C2=C(N(C)C=O)NCN2CC2CC2)on1. The standard InChI is InChI=1S/C19H29N5O3/c1-14-10-16(27-21-14)6-4-5-9-22(2)19(26)17-18(23(3)13-25)20-12-24(17)11-15-7-8-15/h10,13,15,20H,4-9,11-12H2,1-3H3. The highest BCUT2D eigenvalue weighted by Gasteiger charge is 2.35. The van der Waals surface area contributed by atoms with Gasteiger partial charge in [0, 0.05) is 39.7 Å². The molecule has 0 saturated heterocycles. The number of nitrogens with zero attached hydrogens (tertiary/aromatic N) is 4. The maximum atomic E-state index is 13.1. The molecule has 3 rings (SSSR count). The lowest BCUT2D eigenvalue weighted by Gasteiger charge is -2.25. The molecule has 1 fully saturated rings. The van der Waals surface area contributed by atoms with Crippen LogP contribution in [0.2, 0.25) is 0 Å². The van der Waals surface area contributed by atoms with Gasteiger partial charge in [0.25, 0.3) is 5.91 Å². The first kappa shape index (κ1) is 19.3. The number of amides is 2. The van der Waals surface area contributed by atoms with Crippen molar-refractivity contribution in [2.24, 2.45) is 5.92 Å². The minimum Gasteiger partial charge on any atom is -0.361 e. The monoisotopic (exact) mass is 375 g/mol. The summed E-state index contributed by atoms with van der Waals surface area (Å²) in [6, 6.07) is 1.95. The Morgan fingerprint density at radius 1 is 1.41 bits per heavy atom. The zero-order chi connectivity index (χ0) is 19.4. The normalized spacial score (nSPS) is 16.5. The molecule has 2 aliphatic rings. The molecule has 1 aromatic rings. The van der Waals surface area contributed by atoms with E-state index in [-0.39, 0.29) is 5.91 Å². The van der Waals surface area contributed by atoms with E-state index in [4.69, 9.17) is 4.52 Å². The predicted octanol–water partition coefficient (Wildman–Crippen LogP) is 1.29. The fourth-order valence-electron chi connectivity index (χ4n) is 3.30. The molecule has 1 N–H and O–H groups in total. The van der Waals surface area contributed by atoms with Crippen LogP contribution in [-0.2, 0) is 16.0 Å². The van der Waals surface area contributed by atoms with Gasteiger partial charge in [-0.3, -0.25) is 9.59 Å². The molecular formula is C19H29N5O3. The van der Waals surface area contributed by atoms with Gasteiger partial charge in [-0.15, -0.1) is 0 Å². The van der Waals surface area contributed by atoms with Gasteiger partial charge in [-0.25, -0.2) is 0 Å². The fraction of sp³-hybridized carbons (Fsp3) is 0.632. The molecule has 0 radical (unpaired) electrons. The summed E-state index contributed by atoms with van der Waals surface area (Å²) >= 11 is 0. The first-order valence-corrected chi connectivity index (χ1v) is 9.58. The Labute approximate surface area is 160 Å². The zero-order valence-corrected chi connectivity index (χ0v) is 16.4. The van der Waals surface area contributed by atoms with E-state index in [1.54, 1.807) is 11.9 Å². The molecule has 1 aliphatic carbocycles. The summed E-state index contributed by atoms with van der Waals surface area (Å²) in [5.74, 6) is 2.10. The second-order valence-corrected chi connectivity index (χ2v) is 7.53. The van der Waals surface area contributed by atoms with Gasteiger partial charge in [0.2, 0.25) is 6.41 Å². The van der Waals surface area contributed by atoms with Gasteiger partial charge < -0.3 is 24.5 Å². The van der Waals surface area contributed by atoms with Crippen molar-refractivity contribution in [1.82, 2.24) is 25.2 Å². The molecule has 0 unspecified atom stereocenters. The second kappa shape index (κ2) is 8.45. The maximum Gasteiger partial charge on any atom is 0.273 e. The smallest absolute Gasteiger partial charge is 0.273 e. The largest absolute Gasteiger partial charge is 0.361 e. The van der Waals surface area contributed by atoms with E-state index in [9.17, 15) is 9.59 Å². The van der Waals surface area contributed by atoms with Crippen LogP contribution in [0.25, 0.3) is 0 Å². The van der Waals surface area contributed by atoms with Crippen LogP contribution in [-0.4, -0.2) is 66.0 Å². The van der Waals surface area contributed by atoms with Crippen molar-refractivity contribution in [3.8, 4) is 0 Å². The van der Waals surface area contributed by atoms with Gasteiger partial charge in [-0.1, -0.05) is 5.16 Å². The molecule has 8 heteroatoms. The van der Waals surface area contributed by atoms with Crippen LogP contribution in [0.5, 0.6) is 0 Å². The van der Waals surface area contributed by atoms with Gasteiger partial charge in [0.05, 0.1) is 12.4 Å². The van der Waals surface area contributed by atoms with Crippen LogP contribution >= 0.6 is 0 Å². The first-order chi connectivity index (χ1) is 13.0. The molecule has 0 bridgehead atoms. The lowest BCUT2D eigenvalue weighted by Crippen LogP contribution is -2.37. The number of aryl methyl sites for hydroxylation is 2. The average Bonchev–Trinajstić information content (AvgIpc) is 3.23. The first-order valence-electron chi connectivity index (χ1n) is 9.58. The van der Waals surface area contributed by atoms with E-state index in [0.29, 0.717) is 30.6 Å². The number of rotatable bonds is 10. The molecule has 148 valence electrons. The minimum absolute atomic E-state index is 0.0418. The van der Waals surface area contributed by atoms with E-state index in [1.807, 2.05) is 20.0 Å². The van der Waals surface area contributed by atoms with Gasteiger partial charge >= 0.3 is 0 Å². The minimum atomic E-state index is -0.0418. The fourth-order valence-corrected chi connectivity index (χ4v) is 3.30. The van der Waals surface area contributed by atoms with Crippen LogP contribution < -0.4 is 5.32 Å². The molecule has 0 atom stereocenters. The van der Waals surface area contributed by atoms with E-state index < -0.39 is 0 Å². The van der Waals surface area contributed by atoms with E-state index >= 15 is 0 Å². The Morgan fingerprint density at radius 3 is 2.81 bits per heavy atom. The van der Waals surface area contributed by atoms with Crippen LogP contribution in [0.1, 0.15) is 37.1 Å². The molecule has 2 heterocycles. The van der Waals surface area contributed by atoms with Crippen molar-refractivity contribution < 1.29 is 14.1 Å². The lowest BCUT2D eigenvalue weighted by molar-refractivity contribution is -0.127. The third-order valence-electron chi connectivity index (χ3n) is 5.06. The van der Waals surface area contributed by atoms with Crippen molar-refractivity contribution >= 4 is 12.3 Å². The number of hydrogen-bond acceptors (Lipinski definition) is 6. The Hall–Kier alpha value is -2.51. The summed E-state index contributed by atoms with van der Waals surface area (Å²) in [5.41, 5.74) is 1.49. The molecule has 1 aromatic heterocycles. The number of likely N-dealkylation sites (N-methyl/N-ethyl adjacent to an activating group) is 1. The van der Waals surface area contributed by atoms with Gasteiger partial charge in [-0.05, 0) is 38.5 Å². The average molecular weight is 375 g/mol. The van der Waals surface area contributed by atoms with Crippen molar-refractivity contribution in [3.63, 3.8) is 0 Å². The summed E-state index contributed by atoms with van der Waals surface area (Å²) in [4.78, 5) is 29.5. The van der Waals surface area contributed by atoms with E-state index in [0.717, 1.165) is 43.7 Å². The van der Waals surface area contributed by atoms with Crippen molar-refractivity contribution in [3.05, 3.63) is 29.0 Å².